The highest BCUT2D eigenvalue weighted by molar-refractivity contribution is 5.80. The van der Waals surface area contributed by atoms with Crippen LogP contribution in [0.25, 0.3) is 0 Å². The summed E-state index contributed by atoms with van der Waals surface area (Å²) in [5.41, 5.74) is 1.24. The Labute approximate surface area is 119 Å². The van der Waals surface area contributed by atoms with Crippen LogP contribution in [0.5, 0.6) is 0 Å². The second kappa shape index (κ2) is 5.89. The number of ether oxygens (including phenoxy) is 1. The lowest BCUT2D eigenvalue weighted by molar-refractivity contribution is -0.143. The molecule has 0 saturated carbocycles. The van der Waals surface area contributed by atoms with Gasteiger partial charge in [0.25, 0.3) is 0 Å². The second-order valence-electron chi connectivity index (χ2n) is 5.54. The van der Waals surface area contributed by atoms with Crippen molar-refractivity contribution in [3.05, 3.63) is 30.1 Å². The Hall–Kier alpha value is -1.46. The summed E-state index contributed by atoms with van der Waals surface area (Å²) < 4.78 is 5.96. The van der Waals surface area contributed by atoms with Crippen molar-refractivity contribution in [1.82, 2.24) is 15.2 Å². The number of hydrogen-bond acceptors (Lipinski definition) is 4. The number of carbonyl (C=O) groups is 1. The number of nitrogens with zero attached hydrogens (tertiary/aromatic N) is 2. The highest BCUT2D eigenvalue weighted by Gasteiger charge is 2.41. The van der Waals surface area contributed by atoms with E-state index in [2.05, 4.69) is 21.3 Å². The third kappa shape index (κ3) is 2.69. The Morgan fingerprint density at radius 3 is 3.15 bits per heavy atom. The van der Waals surface area contributed by atoms with Gasteiger partial charge in [0.05, 0.1) is 6.10 Å². The molecule has 2 aliphatic heterocycles. The van der Waals surface area contributed by atoms with Gasteiger partial charge in [-0.1, -0.05) is 6.07 Å². The van der Waals surface area contributed by atoms with Crippen LogP contribution < -0.4 is 5.32 Å². The molecule has 1 N–H and O–H groups in total. The highest BCUT2D eigenvalue weighted by Crippen LogP contribution is 2.32. The van der Waals surface area contributed by atoms with E-state index >= 15 is 0 Å². The predicted octanol–water partition coefficient (Wildman–Crippen LogP) is 0.949. The molecule has 2 fully saturated rings. The summed E-state index contributed by atoms with van der Waals surface area (Å²) in [6.45, 7) is 1.95. The van der Waals surface area contributed by atoms with Gasteiger partial charge in [0.1, 0.15) is 6.10 Å². The summed E-state index contributed by atoms with van der Waals surface area (Å²) in [5, 5.41) is 2.68. The molecule has 1 amide bonds. The first-order valence-electron chi connectivity index (χ1n) is 7.28. The molecule has 3 rings (SSSR count). The topological polar surface area (TPSA) is 54.5 Å². The molecule has 20 heavy (non-hydrogen) atoms. The van der Waals surface area contributed by atoms with E-state index in [0.29, 0.717) is 6.04 Å². The third-order valence-corrected chi connectivity index (χ3v) is 4.31. The van der Waals surface area contributed by atoms with Gasteiger partial charge < -0.3 is 10.1 Å². The monoisotopic (exact) mass is 275 g/mol. The van der Waals surface area contributed by atoms with Gasteiger partial charge in [0.15, 0.2) is 0 Å². The first-order chi connectivity index (χ1) is 9.78. The molecule has 0 spiro atoms. The zero-order valence-corrected chi connectivity index (χ0v) is 11.8. The zero-order valence-electron chi connectivity index (χ0n) is 11.8. The van der Waals surface area contributed by atoms with Crippen molar-refractivity contribution in [2.24, 2.45) is 0 Å². The van der Waals surface area contributed by atoms with Gasteiger partial charge in [-0.05, 0) is 30.9 Å². The fraction of sp³-hybridized carbons (Fsp3) is 0.600. The second-order valence-corrected chi connectivity index (χ2v) is 5.54. The Morgan fingerprint density at radius 2 is 2.40 bits per heavy atom. The van der Waals surface area contributed by atoms with E-state index in [4.69, 9.17) is 4.74 Å². The number of hydrogen-bond donors (Lipinski definition) is 1. The van der Waals surface area contributed by atoms with Gasteiger partial charge in [-0.2, -0.15) is 0 Å². The van der Waals surface area contributed by atoms with E-state index in [-0.39, 0.29) is 18.1 Å². The van der Waals surface area contributed by atoms with E-state index in [0.717, 1.165) is 32.4 Å². The molecule has 1 aromatic rings. The van der Waals surface area contributed by atoms with E-state index in [1.807, 2.05) is 12.3 Å². The van der Waals surface area contributed by atoms with Crippen LogP contribution in [-0.2, 0) is 16.1 Å². The minimum Gasteiger partial charge on any atom is -0.363 e. The number of likely N-dealkylation sites (N-methyl/N-ethyl adjacent to an activating group) is 1. The summed E-state index contributed by atoms with van der Waals surface area (Å²) in [4.78, 5) is 18.3. The van der Waals surface area contributed by atoms with Crippen molar-refractivity contribution in [2.75, 3.05) is 13.6 Å². The van der Waals surface area contributed by atoms with E-state index in [1.54, 1.807) is 13.2 Å². The molecule has 1 aromatic heterocycles. The molecule has 108 valence electrons. The molecule has 0 unspecified atom stereocenters. The normalized spacial score (nSPS) is 29.9. The molecular weight excluding hydrogens is 254 g/mol. The van der Waals surface area contributed by atoms with Gasteiger partial charge in [0, 0.05) is 38.6 Å². The minimum absolute atomic E-state index is 0.00848. The van der Waals surface area contributed by atoms with Gasteiger partial charge >= 0.3 is 0 Å². The third-order valence-electron chi connectivity index (χ3n) is 4.31. The Morgan fingerprint density at radius 1 is 1.50 bits per heavy atom. The molecule has 0 radical (unpaired) electrons. The molecule has 5 nitrogen and oxygen atoms in total. The summed E-state index contributed by atoms with van der Waals surface area (Å²) in [5.74, 6) is 0.00848. The van der Waals surface area contributed by atoms with Crippen molar-refractivity contribution in [3.63, 3.8) is 0 Å². The van der Waals surface area contributed by atoms with Crippen LogP contribution in [0.3, 0.4) is 0 Å². The summed E-state index contributed by atoms with van der Waals surface area (Å²) in [6, 6.07) is 4.52. The summed E-state index contributed by atoms with van der Waals surface area (Å²) in [6.07, 6.45) is 6.51. The van der Waals surface area contributed by atoms with E-state index < -0.39 is 0 Å². The molecule has 5 heteroatoms. The maximum Gasteiger partial charge on any atom is 0.248 e. The van der Waals surface area contributed by atoms with Gasteiger partial charge in [-0.15, -0.1) is 0 Å². The average Bonchev–Trinajstić information content (AvgIpc) is 2.90. The van der Waals surface area contributed by atoms with Crippen LogP contribution in [0.15, 0.2) is 24.5 Å². The molecule has 0 bridgehead atoms. The molecule has 2 aliphatic rings. The summed E-state index contributed by atoms with van der Waals surface area (Å²) >= 11 is 0. The molecule has 3 heterocycles. The summed E-state index contributed by atoms with van der Waals surface area (Å²) in [7, 11) is 1.67. The maximum atomic E-state index is 11.7. The number of nitrogens with one attached hydrogen (secondary N) is 1. The highest BCUT2D eigenvalue weighted by atomic mass is 16.5. The van der Waals surface area contributed by atoms with Crippen molar-refractivity contribution in [2.45, 2.75) is 44.1 Å². The lowest BCUT2D eigenvalue weighted by Gasteiger charge is -2.35. The van der Waals surface area contributed by atoms with Gasteiger partial charge in [-0.25, -0.2) is 0 Å². The number of carbonyl (C=O) groups excluding carboxylic acids is 1. The molecule has 0 aromatic carbocycles. The number of likely N-dealkylation sites (tertiary alicyclic amines) is 1. The Balaban J connectivity index is 1.61. The smallest absolute Gasteiger partial charge is 0.248 e. The van der Waals surface area contributed by atoms with Crippen molar-refractivity contribution >= 4 is 5.91 Å². The SMILES string of the molecule is CNC(=O)[C@@H]1CC[C@H]2[C@H](CCN2Cc2cccnc2)O1. The average molecular weight is 275 g/mol. The standard InChI is InChI=1S/C15H21N3O2/c1-16-15(19)14-5-4-12-13(20-14)6-8-18(12)10-11-3-2-7-17-9-11/h2-3,7,9,12-14H,4-6,8,10H2,1H3,(H,16,19)/t12-,13-,14-/m0/s1. The number of pyridine rings is 1. The lowest BCUT2D eigenvalue weighted by Crippen LogP contribution is -2.47. The van der Waals surface area contributed by atoms with E-state index in [1.165, 1.54) is 5.56 Å². The maximum absolute atomic E-state index is 11.7. The van der Waals surface area contributed by atoms with Gasteiger partial charge in [0.2, 0.25) is 5.91 Å². The number of aromatic nitrogens is 1. The fourth-order valence-electron chi connectivity index (χ4n) is 3.29. The number of amides is 1. The van der Waals surface area contributed by atoms with Crippen LogP contribution in [0, 0.1) is 0 Å². The molecule has 0 aliphatic carbocycles. The van der Waals surface area contributed by atoms with Crippen molar-refractivity contribution in [3.8, 4) is 0 Å². The van der Waals surface area contributed by atoms with Crippen LogP contribution >= 0.6 is 0 Å². The fourth-order valence-corrected chi connectivity index (χ4v) is 3.29. The van der Waals surface area contributed by atoms with Crippen LogP contribution in [0.2, 0.25) is 0 Å². The lowest BCUT2D eigenvalue weighted by atomic mass is 9.98. The first-order valence-corrected chi connectivity index (χ1v) is 7.28. The molecular formula is C15H21N3O2. The number of fused-ring (bicyclic) bond motifs is 1. The minimum atomic E-state index is -0.264. The van der Waals surface area contributed by atoms with E-state index in [9.17, 15) is 4.79 Å². The molecule has 3 atom stereocenters. The Kier molecular flexibility index (Phi) is 3.98. The Bertz CT molecular complexity index is 465. The van der Waals surface area contributed by atoms with Crippen LogP contribution in [0.4, 0.5) is 0 Å². The quantitative estimate of drug-likeness (QED) is 0.892. The molecule has 2 saturated heterocycles. The van der Waals surface area contributed by atoms with Gasteiger partial charge in [-0.3, -0.25) is 14.7 Å². The number of rotatable bonds is 3. The zero-order chi connectivity index (χ0) is 13.9. The predicted molar refractivity (Wildman–Crippen MR) is 75.0 cm³/mol. The largest absolute Gasteiger partial charge is 0.363 e. The van der Waals surface area contributed by atoms with Crippen molar-refractivity contribution < 1.29 is 9.53 Å². The van der Waals surface area contributed by atoms with Crippen molar-refractivity contribution in [1.29, 1.82) is 0 Å². The van der Waals surface area contributed by atoms with Crippen LogP contribution in [0.1, 0.15) is 24.8 Å². The van der Waals surface area contributed by atoms with Crippen LogP contribution in [-0.4, -0.2) is 47.6 Å². The first kappa shape index (κ1) is 13.5.